The van der Waals surface area contributed by atoms with E-state index in [1.165, 1.54) is 161 Å². The first-order valence-corrected chi connectivity index (χ1v) is 15.2. The molecule has 32 heavy (non-hydrogen) atoms. The Morgan fingerprint density at radius 3 is 1.41 bits per heavy atom. The van der Waals surface area contributed by atoms with E-state index >= 15 is 0 Å². The highest BCUT2D eigenvalue weighted by molar-refractivity contribution is 4.75. The van der Waals surface area contributed by atoms with E-state index in [1.54, 1.807) is 0 Å². The van der Waals surface area contributed by atoms with Gasteiger partial charge < -0.3 is 4.74 Å². The van der Waals surface area contributed by atoms with Gasteiger partial charge in [-0.2, -0.15) is 0 Å². The first kappa shape index (κ1) is 30.0. The molecular formula is C30H61NO. The lowest BCUT2D eigenvalue weighted by Gasteiger charge is -2.35. The van der Waals surface area contributed by atoms with E-state index in [4.69, 9.17) is 4.74 Å². The largest absolute Gasteiger partial charge is 0.378 e. The van der Waals surface area contributed by atoms with Crippen LogP contribution in [0.1, 0.15) is 162 Å². The topological polar surface area (TPSA) is 12.5 Å². The molecule has 1 fully saturated rings. The first-order valence-electron chi connectivity index (χ1n) is 15.2. The summed E-state index contributed by atoms with van der Waals surface area (Å²) in [5, 5.41) is 0. The van der Waals surface area contributed by atoms with Gasteiger partial charge in [0.15, 0.2) is 0 Å². The highest BCUT2D eigenvalue weighted by atomic mass is 16.5. The maximum Gasteiger partial charge on any atom is 0.0622 e. The molecule has 1 rings (SSSR count). The molecule has 0 aromatic carbocycles. The van der Waals surface area contributed by atoms with Gasteiger partial charge in [-0.3, -0.25) is 4.90 Å². The molecule has 0 amide bonds. The van der Waals surface area contributed by atoms with Crippen LogP contribution in [0, 0.1) is 0 Å². The highest BCUT2D eigenvalue weighted by Crippen LogP contribution is 2.18. The van der Waals surface area contributed by atoms with E-state index in [0.717, 1.165) is 13.2 Å². The molecule has 0 N–H and O–H groups in total. The Morgan fingerprint density at radius 1 is 0.531 bits per heavy atom. The SMILES string of the molecule is CCCCCCCCCCCCCC1COCCN1CCCCCCCCCCCCC. The van der Waals surface area contributed by atoms with Gasteiger partial charge in [-0.1, -0.05) is 149 Å². The third-order valence-corrected chi connectivity index (χ3v) is 7.54. The van der Waals surface area contributed by atoms with Gasteiger partial charge in [0.1, 0.15) is 0 Å². The van der Waals surface area contributed by atoms with Gasteiger partial charge in [-0.15, -0.1) is 0 Å². The van der Waals surface area contributed by atoms with Crippen molar-refractivity contribution in [3.63, 3.8) is 0 Å². The molecule has 1 unspecified atom stereocenters. The van der Waals surface area contributed by atoms with Gasteiger partial charge in [-0.05, 0) is 19.4 Å². The van der Waals surface area contributed by atoms with Crippen molar-refractivity contribution in [2.24, 2.45) is 0 Å². The van der Waals surface area contributed by atoms with Crippen LogP contribution in [0.25, 0.3) is 0 Å². The number of hydrogen-bond donors (Lipinski definition) is 0. The van der Waals surface area contributed by atoms with Gasteiger partial charge in [0, 0.05) is 12.6 Å². The molecule has 0 aromatic heterocycles. The molecule has 2 heteroatoms. The minimum absolute atomic E-state index is 0.699. The van der Waals surface area contributed by atoms with E-state index in [0.29, 0.717) is 6.04 Å². The van der Waals surface area contributed by atoms with E-state index in [1.807, 2.05) is 0 Å². The normalized spacial score (nSPS) is 17.2. The van der Waals surface area contributed by atoms with Crippen LogP contribution in [-0.2, 0) is 4.74 Å². The van der Waals surface area contributed by atoms with Crippen molar-refractivity contribution < 1.29 is 4.74 Å². The van der Waals surface area contributed by atoms with Crippen LogP contribution in [0.3, 0.4) is 0 Å². The predicted molar refractivity (Wildman–Crippen MR) is 144 cm³/mol. The molecular weight excluding hydrogens is 390 g/mol. The summed E-state index contributed by atoms with van der Waals surface area (Å²) in [4.78, 5) is 2.76. The maximum absolute atomic E-state index is 5.83. The van der Waals surface area contributed by atoms with Gasteiger partial charge in [0.25, 0.3) is 0 Å². The Bertz CT molecular complexity index is 325. The van der Waals surface area contributed by atoms with E-state index in [2.05, 4.69) is 18.7 Å². The fraction of sp³-hybridized carbons (Fsp3) is 1.00. The predicted octanol–water partition coefficient (Wildman–Crippen LogP) is 9.70. The summed E-state index contributed by atoms with van der Waals surface area (Å²) in [5.74, 6) is 0. The van der Waals surface area contributed by atoms with Crippen LogP contribution in [0.4, 0.5) is 0 Å². The molecule has 1 aliphatic rings. The molecule has 0 radical (unpaired) electrons. The number of morpholine rings is 1. The third-order valence-electron chi connectivity index (χ3n) is 7.54. The lowest BCUT2D eigenvalue weighted by molar-refractivity contribution is -0.0118. The molecule has 0 aromatic rings. The molecule has 1 saturated heterocycles. The summed E-state index contributed by atoms with van der Waals surface area (Å²) in [7, 11) is 0. The Kier molecular flexibility index (Phi) is 22.5. The molecule has 1 aliphatic heterocycles. The second-order valence-corrected chi connectivity index (χ2v) is 10.6. The van der Waals surface area contributed by atoms with Crippen LogP contribution in [-0.4, -0.2) is 37.2 Å². The smallest absolute Gasteiger partial charge is 0.0622 e. The van der Waals surface area contributed by atoms with Crippen molar-refractivity contribution in [3.8, 4) is 0 Å². The molecule has 2 nitrogen and oxygen atoms in total. The lowest BCUT2D eigenvalue weighted by atomic mass is 10.0. The maximum atomic E-state index is 5.83. The van der Waals surface area contributed by atoms with Crippen LogP contribution < -0.4 is 0 Å². The second kappa shape index (κ2) is 24.1. The second-order valence-electron chi connectivity index (χ2n) is 10.6. The quantitative estimate of drug-likeness (QED) is 0.135. The van der Waals surface area contributed by atoms with Crippen LogP contribution in [0.5, 0.6) is 0 Å². The number of nitrogens with zero attached hydrogens (tertiary/aromatic N) is 1. The van der Waals surface area contributed by atoms with Crippen molar-refractivity contribution in [1.29, 1.82) is 0 Å². The van der Waals surface area contributed by atoms with Gasteiger partial charge in [-0.25, -0.2) is 0 Å². The van der Waals surface area contributed by atoms with Crippen molar-refractivity contribution in [2.45, 2.75) is 168 Å². The molecule has 1 atom stereocenters. The molecule has 0 saturated carbocycles. The van der Waals surface area contributed by atoms with Crippen molar-refractivity contribution >= 4 is 0 Å². The fourth-order valence-corrected chi connectivity index (χ4v) is 5.27. The highest BCUT2D eigenvalue weighted by Gasteiger charge is 2.21. The third kappa shape index (κ3) is 18.4. The molecule has 0 aliphatic carbocycles. The van der Waals surface area contributed by atoms with Crippen molar-refractivity contribution in [3.05, 3.63) is 0 Å². The fourth-order valence-electron chi connectivity index (χ4n) is 5.27. The van der Waals surface area contributed by atoms with Gasteiger partial charge >= 0.3 is 0 Å². The van der Waals surface area contributed by atoms with Crippen molar-refractivity contribution in [2.75, 3.05) is 26.3 Å². The van der Waals surface area contributed by atoms with E-state index < -0.39 is 0 Å². The van der Waals surface area contributed by atoms with Gasteiger partial charge in [0.2, 0.25) is 0 Å². The summed E-state index contributed by atoms with van der Waals surface area (Å²) in [6.07, 6.45) is 33.0. The Hall–Kier alpha value is -0.0800. The van der Waals surface area contributed by atoms with E-state index in [-0.39, 0.29) is 0 Å². The molecule has 0 bridgehead atoms. The number of hydrogen-bond acceptors (Lipinski definition) is 2. The molecule has 192 valence electrons. The summed E-state index contributed by atoms with van der Waals surface area (Å²) in [6.45, 7) is 9.02. The monoisotopic (exact) mass is 451 g/mol. The standard InChI is InChI=1S/C30H61NO/c1-3-5-7-9-11-13-15-17-19-21-23-25-30-29-32-28-27-31(30)26-24-22-20-18-16-14-12-10-8-6-4-2/h30H,3-29H2,1-2H3. The summed E-state index contributed by atoms with van der Waals surface area (Å²) in [6, 6.07) is 0.699. The summed E-state index contributed by atoms with van der Waals surface area (Å²) < 4.78 is 5.83. The Labute approximate surface area is 203 Å². The number of ether oxygens (including phenoxy) is 1. The lowest BCUT2D eigenvalue weighted by Crippen LogP contribution is -2.45. The molecule has 1 heterocycles. The minimum atomic E-state index is 0.699. The van der Waals surface area contributed by atoms with Gasteiger partial charge in [0.05, 0.1) is 13.2 Å². The number of rotatable bonds is 24. The number of unbranched alkanes of at least 4 members (excludes halogenated alkanes) is 20. The minimum Gasteiger partial charge on any atom is -0.378 e. The van der Waals surface area contributed by atoms with Crippen LogP contribution >= 0.6 is 0 Å². The van der Waals surface area contributed by atoms with E-state index in [9.17, 15) is 0 Å². The van der Waals surface area contributed by atoms with Crippen LogP contribution in [0.15, 0.2) is 0 Å². The Morgan fingerprint density at radius 2 is 0.938 bits per heavy atom. The van der Waals surface area contributed by atoms with Crippen molar-refractivity contribution in [1.82, 2.24) is 4.90 Å². The molecule has 0 spiro atoms. The summed E-state index contributed by atoms with van der Waals surface area (Å²) in [5.41, 5.74) is 0. The van der Waals surface area contributed by atoms with Crippen LogP contribution in [0.2, 0.25) is 0 Å². The average Bonchev–Trinajstić information content (AvgIpc) is 2.81. The zero-order valence-corrected chi connectivity index (χ0v) is 22.5. The Balaban J connectivity index is 1.92. The average molecular weight is 452 g/mol. The summed E-state index contributed by atoms with van der Waals surface area (Å²) >= 11 is 0. The first-order chi connectivity index (χ1) is 15.9. The zero-order valence-electron chi connectivity index (χ0n) is 22.5. The zero-order chi connectivity index (χ0) is 23.0.